The Morgan fingerprint density at radius 2 is 1.86 bits per heavy atom. The molecule has 3 aromatic rings. The number of imidazole rings is 1. The van der Waals surface area contributed by atoms with Crippen LogP contribution in [0.2, 0.25) is 0 Å². The number of nitrogens with zero attached hydrogens (tertiary/aromatic N) is 2. The lowest BCUT2D eigenvalue weighted by atomic mass is 10.1. The van der Waals surface area contributed by atoms with Crippen LogP contribution >= 0.6 is 0 Å². The number of para-hydroxylation sites is 1. The Hall–Kier alpha value is -2.33. The molecule has 1 N–H and O–H groups in total. The number of nitrogens with one attached hydrogen (secondary N) is 1. The van der Waals surface area contributed by atoms with Crippen LogP contribution in [0.25, 0.3) is 5.52 Å². The molecule has 0 atom stereocenters. The first kappa shape index (κ1) is 14.6. The largest absolute Gasteiger partial charge is 0.485 e. The monoisotopic (exact) mass is 295 g/mol. The van der Waals surface area contributed by atoms with Crippen molar-refractivity contribution in [2.45, 2.75) is 27.0 Å². The van der Waals surface area contributed by atoms with E-state index in [1.165, 1.54) is 0 Å². The summed E-state index contributed by atoms with van der Waals surface area (Å²) in [5.74, 6) is 1.87. The minimum atomic E-state index is 0.459. The molecule has 0 saturated heterocycles. The van der Waals surface area contributed by atoms with E-state index in [1.54, 1.807) is 0 Å². The van der Waals surface area contributed by atoms with Gasteiger partial charge in [-0.2, -0.15) is 0 Å². The van der Waals surface area contributed by atoms with Crippen LogP contribution in [0.5, 0.6) is 5.75 Å². The average Bonchev–Trinajstić information content (AvgIpc) is 2.86. The summed E-state index contributed by atoms with van der Waals surface area (Å²) in [5.41, 5.74) is 4.47. The van der Waals surface area contributed by atoms with E-state index in [4.69, 9.17) is 9.72 Å². The number of rotatable bonds is 5. The van der Waals surface area contributed by atoms with Gasteiger partial charge in [0.25, 0.3) is 0 Å². The number of ether oxygens (including phenoxy) is 1. The highest BCUT2D eigenvalue weighted by Gasteiger charge is 2.11. The predicted octanol–water partition coefficient (Wildman–Crippen LogP) is 3.25. The molecule has 0 fully saturated rings. The highest BCUT2D eigenvalue weighted by atomic mass is 16.5. The van der Waals surface area contributed by atoms with E-state index in [1.807, 2.05) is 31.4 Å². The zero-order chi connectivity index (χ0) is 15.5. The van der Waals surface area contributed by atoms with Gasteiger partial charge in [-0.15, -0.1) is 0 Å². The van der Waals surface area contributed by atoms with Crippen molar-refractivity contribution in [3.8, 4) is 5.75 Å². The number of hydrogen-bond donors (Lipinski definition) is 1. The maximum atomic E-state index is 6.05. The van der Waals surface area contributed by atoms with Gasteiger partial charge in [0.1, 0.15) is 12.4 Å². The highest BCUT2D eigenvalue weighted by molar-refractivity contribution is 5.53. The molecule has 114 valence electrons. The van der Waals surface area contributed by atoms with Gasteiger partial charge in [-0.05, 0) is 44.2 Å². The van der Waals surface area contributed by atoms with Crippen molar-refractivity contribution in [3.63, 3.8) is 0 Å². The molecule has 2 aromatic heterocycles. The standard InChI is InChI=1S/C18H21N3O/c1-13-7-6-8-14(2)18(13)22-12-17-20-15(11-19-3)16-9-4-5-10-21(16)17/h4-10,19H,11-12H2,1-3H3. The van der Waals surface area contributed by atoms with Gasteiger partial charge in [0.2, 0.25) is 0 Å². The predicted molar refractivity (Wildman–Crippen MR) is 88.2 cm³/mol. The lowest BCUT2D eigenvalue weighted by Crippen LogP contribution is -2.06. The van der Waals surface area contributed by atoms with Crippen molar-refractivity contribution >= 4 is 5.52 Å². The summed E-state index contributed by atoms with van der Waals surface area (Å²) in [4.78, 5) is 4.73. The van der Waals surface area contributed by atoms with Crippen molar-refractivity contribution < 1.29 is 4.74 Å². The van der Waals surface area contributed by atoms with Crippen molar-refractivity contribution in [1.29, 1.82) is 0 Å². The smallest absolute Gasteiger partial charge is 0.151 e. The maximum absolute atomic E-state index is 6.05. The van der Waals surface area contributed by atoms with E-state index in [2.05, 4.69) is 41.8 Å². The van der Waals surface area contributed by atoms with E-state index in [0.717, 1.165) is 40.5 Å². The van der Waals surface area contributed by atoms with Gasteiger partial charge in [0.15, 0.2) is 5.82 Å². The van der Waals surface area contributed by atoms with E-state index >= 15 is 0 Å². The Balaban J connectivity index is 1.91. The zero-order valence-corrected chi connectivity index (χ0v) is 13.3. The summed E-state index contributed by atoms with van der Waals surface area (Å²) in [7, 11) is 1.93. The number of hydrogen-bond acceptors (Lipinski definition) is 3. The first-order chi connectivity index (χ1) is 10.7. The molecule has 1 aromatic carbocycles. The number of aryl methyl sites for hydroxylation is 2. The van der Waals surface area contributed by atoms with Gasteiger partial charge < -0.3 is 14.5 Å². The maximum Gasteiger partial charge on any atom is 0.151 e. The fourth-order valence-electron chi connectivity index (χ4n) is 2.73. The third-order valence-electron chi connectivity index (χ3n) is 3.80. The zero-order valence-electron chi connectivity index (χ0n) is 13.3. The lowest BCUT2D eigenvalue weighted by molar-refractivity contribution is 0.291. The number of pyridine rings is 1. The Bertz CT molecular complexity index is 772. The van der Waals surface area contributed by atoms with Crippen LogP contribution in [0.1, 0.15) is 22.6 Å². The van der Waals surface area contributed by atoms with Gasteiger partial charge in [0.05, 0.1) is 11.2 Å². The van der Waals surface area contributed by atoms with Crippen LogP contribution in [-0.4, -0.2) is 16.4 Å². The summed E-state index contributed by atoms with van der Waals surface area (Å²) >= 11 is 0. The second-order valence-electron chi connectivity index (χ2n) is 5.47. The number of aromatic nitrogens is 2. The Morgan fingerprint density at radius 1 is 1.09 bits per heavy atom. The van der Waals surface area contributed by atoms with E-state index in [-0.39, 0.29) is 0 Å². The summed E-state index contributed by atoms with van der Waals surface area (Å²) in [6.07, 6.45) is 2.03. The first-order valence-corrected chi connectivity index (χ1v) is 7.49. The van der Waals surface area contributed by atoms with Crippen LogP contribution in [0.15, 0.2) is 42.6 Å². The Labute approximate surface area is 130 Å². The Kier molecular flexibility index (Phi) is 4.11. The summed E-state index contributed by atoms with van der Waals surface area (Å²) in [5, 5.41) is 3.16. The van der Waals surface area contributed by atoms with Crippen LogP contribution in [-0.2, 0) is 13.2 Å². The van der Waals surface area contributed by atoms with Crippen LogP contribution in [0.3, 0.4) is 0 Å². The highest BCUT2D eigenvalue weighted by Crippen LogP contribution is 2.24. The second-order valence-corrected chi connectivity index (χ2v) is 5.47. The molecule has 0 radical (unpaired) electrons. The Morgan fingerprint density at radius 3 is 2.59 bits per heavy atom. The molecule has 0 amide bonds. The van der Waals surface area contributed by atoms with Crippen LogP contribution in [0, 0.1) is 13.8 Å². The molecule has 0 unspecified atom stereocenters. The fraction of sp³-hybridized carbons (Fsp3) is 0.278. The van der Waals surface area contributed by atoms with Gasteiger partial charge in [-0.1, -0.05) is 24.3 Å². The number of benzene rings is 1. The molecule has 4 nitrogen and oxygen atoms in total. The minimum absolute atomic E-state index is 0.459. The van der Waals surface area contributed by atoms with Crippen molar-refractivity contribution in [3.05, 3.63) is 65.2 Å². The normalized spacial score (nSPS) is 11.0. The molecule has 4 heteroatoms. The molecule has 0 bridgehead atoms. The van der Waals surface area contributed by atoms with Gasteiger partial charge in [-0.25, -0.2) is 4.98 Å². The molecule has 0 spiro atoms. The molecule has 22 heavy (non-hydrogen) atoms. The molecule has 0 aliphatic carbocycles. The third kappa shape index (κ3) is 2.70. The van der Waals surface area contributed by atoms with Crippen molar-refractivity contribution in [2.75, 3.05) is 7.05 Å². The van der Waals surface area contributed by atoms with Crippen LogP contribution in [0.4, 0.5) is 0 Å². The topological polar surface area (TPSA) is 38.6 Å². The minimum Gasteiger partial charge on any atom is -0.485 e. The van der Waals surface area contributed by atoms with Crippen molar-refractivity contribution in [2.24, 2.45) is 0 Å². The average molecular weight is 295 g/mol. The van der Waals surface area contributed by atoms with Crippen molar-refractivity contribution in [1.82, 2.24) is 14.7 Å². The molecule has 0 saturated carbocycles. The van der Waals surface area contributed by atoms with E-state index < -0.39 is 0 Å². The SMILES string of the molecule is CNCc1nc(COc2c(C)cccc2C)n2ccccc12. The summed E-state index contributed by atoms with van der Waals surface area (Å²) in [6, 6.07) is 12.3. The van der Waals surface area contributed by atoms with Gasteiger partial charge >= 0.3 is 0 Å². The van der Waals surface area contributed by atoms with E-state index in [9.17, 15) is 0 Å². The van der Waals surface area contributed by atoms with E-state index in [0.29, 0.717) is 6.61 Å². The molecule has 3 rings (SSSR count). The quantitative estimate of drug-likeness (QED) is 0.785. The molecular formula is C18H21N3O. The van der Waals surface area contributed by atoms with Gasteiger partial charge in [-0.3, -0.25) is 0 Å². The molecular weight excluding hydrogens is 274 g/mol. The number of fused-ring (bicyclic) bond motifs is 1. The summed E-state index contributed by atoms with van der Waals surface area (Å²) < 4.78 is 8.15. The molecule has 0 aliphatic rings. The lowest BCUT2D eigenvalue weighted by Gasteiger charge is -2.11. The van der Waals surface area contributed by atoms with Crippen LogP contribution < -0.4 is 10.1 Å². The fourth-order valence-corrected chi connectivity index (χ4v) is 2.73. The van der Waals surface area contributed by atoms with Gasteiger partial charge in [0, 0.05) is 12.7 Å². The molecule has 2 heterocycles. The second kappa shape index (κ2) is 6.20. The summed E-state index contributed by atoms with van der Waals surface area (Å²) in [6.45, 7) is 5.34. The first-order valence-electron chi connectivity index (χ1n) is 7.49. The third-order valence-corrected chi connectivity index (χ3v) is 3.80. The molecule has 0 aliphatic heterocycles.